The molecule has 0 radical (unpaired) electrons. The van der Waals surface area contributed by atoms with E-state index >= 15 is 0 Å². The second-order valence-electron chi connectivity index (χ2n) is 7.65. The number of hydrogen-bond donors (Lipinski definition) is 0. The third kappa shape index (κ3) is 4.48. The Bertz CT molecular complexity index is 1020. The van der Waals surface area contributed by atoms with E-state index < -0.39 is 0 Å². The molecule has 3 aromatic rings. The van der Waals surface area contributed by atoms with E-state index in [1.54, 1.807) is 6.92 Å². The molecule has 0 bridgehead atoms. The highest BCUT2D eigenvalue weighted by atomic mass is 19.1. The van der Waals surface area contributed by atoms with Gasteiger partial charge in [-0.15, -0.1) is 0 Å². The average Bonchev–Trinajstić information content (AvgIpc) is 2.74. The zero-order chi connectivity index (χ0) is 20.2. The molecule has 0 amide bonds. The normalized spacial score (nSPS) is 15.2. The van der Waals surface area contributed by atoms with Crippen molar-refractivity contribution in [2.24, 2.45) is 0 Å². The Hall–Kier alpha value is -2.73. The standard InChI is InChI=1S/C23H27FN4O/c1-18-23(29)28(22-7-3-2-6-21(22)25-18)13-5-4-12-26-14-16-27(17-15-26)20-10-8-19(24)9-11-20/h2-3,6-11H,4-5,12-17H2,1H3. The van der Waals surface area contributed by atoms with Crippen molar-refractivity contribution in [3.05, 3.63) is 70.4 Å². The lowest BCUT2D eigenvalue weighted by molar-refractivity contribution is 0.251. The number of benzene rings is 2. The van der Waals surface area contributed by atoms with E-state index in [1.807, 2.05) is 41.0 Å². The first-order chi connectivity index (χ1) is 14.1. The molecule has 1 saturated heterocycles. The van der Waals surface area contributed by atoms with Crippen LogP contribution in [0.4, 0.5) is 10.1 Å². The fourth-order valence-corrected chi connectivity index (χ4v) is 4.03. The monoisotopic (exact) mass is 394 g/mol. The summed E-state index contributed by atoms with van der Waals surface area (Å²) in [5.41, 5.74) is 3.44. The number of rotatable bonds is 6. The zero-order valence-corrected chi connectivity index (χ0v) is 16.9. The summed E-state index contributed by atoms with van der Waals surface area (Å²) >= 11 is 0. The van der Waals surface area contributed by atoms with Crippen molar-refractivity contribution in [1.29, 1.82) is 0 Å². The number of piperazine rings is 1. The van der Waals surface area contributed by atoms with Gasteiger partial charge in [0.15, 0.2) is 0 Å². The highest BCUT2D eigenvalue weighted by Gasteiger charge is 2.17. The van der Waals surface area contributed by atoms with Crippen LogP contribution in [0.1, 0.15) is 18.5 Å². The molecule has 1 fully saturated rings. The first-order valence-electron chi connectivity index (χ1n) is 10.3. The number of aryl methyl sites for hydroxylation is 2. The van der Waals surface area contributed by atoms with Gasteiger partial charge in [0.05, 0.1) is 11.0 Å². The lowest BCUT2D eigenvalue weighted by Crippen LogP contribution is -2.46. The van der Waals surface area contributed by atoms with Gasteiger partial charge in [0, 0.05) is 38.4 Å². The van der Waals surface area contributed by atoms with E-state index in [2.05, 4.69) is 14.8 Å². The van der Waals surface area contributed by atoms with Gasteiger partial charge >= 0.3 is 0 Å². The second kappa shape index (κ2) is 8.74. The lowest BCUT2D eigenvalue weighted by atomic mass is 10.2. The highest BCUT2D eigenvalue weighted by molar-refractivity contribution is 5.74. The molecule has 1 aliphatic rings. The topological polar surface area (TPSA) is 41.4 Å². The Morgan fingerprint density at radius 3 is 2.38 bits per heavy atom. The average molecular weight is 394 g/mol. The fourth-order valence-electron chi connectivity index (χ4n) is 4.03. The molecule has 0 unspecified atom stereocenters. The van der Waals surface area contributed by atoms with Crippen molar-refractivity contribution < 1.29 is 4.39 Å². The molecule has 1 aromatic heterocycles. The third-order valence-corrected chi connectivity index (χ3v) is 5.69. The third-order valence-electron chi connectivity index (χ3n) is 5.69. The van der Waals surface area contributed by atoms with E-state index in [0.29, 0.717) is 5.69 Å². The molecule has 29 heavy (non-hydrogen) atoms. The van der Waals surface area contributed by atoms with Gasteiger partial charge in [0.1, 0.15) is 11.5 Å². The van der Waals surface area contributed by atoms with Gasteiger partial charge in [0.25, 0.3) is 5.56 Å². The molecular formula is C23H27FN4O. The molecule has 5 nitrogen and oxygen atoms in total. The summed E-state index contributed by atoms with van der Waals surface area (Å²) in [6.45, 7) is 7.47. The minimum atomic E-state index is -0.191. The molecule has 4 rings (SSSR count). The van der Waals surface area contributed by atoms with E-state index in [0.717, 1.165) is 68.8 Å². The maximum absolute atomic E-state index is 13.1. The quantitative estimate of drug-likeness (QED) is 0.601. The number of unbranched alkanes of at least 4 members (excludes halogenated alkanes) is 1. The SMILES string of the molecule is Cc1nc2ccccc2n(CCCCN2CCN(c3ccc(F)cc3)CC2)c1=O. The minimum Gasteiger partial charge on any atom is -0.369 e. The van der Waals surface area contributed by atoms with Crippen LogP contribution in [0, 0.1) is 12.7 Å². The van der Waals surface area contributed by atoms with Crippen LogP contribution in [-0.4, -0.2) is 47.2 Å². The molecule has 152 valence electrons. The van der Waals surface area contributed by atoms with Crippen molar-refractivity contribution in [2.45, 2.75) is 26.3 Å². The summed E-state index contributed by atoms with van der Waals surface area (Å²) in [5.74, 6) is -0.191. The van der Waals surface area contributed by atoms with E-state index in [9.17, 15) is 9.18 Å². The van der Waals surface area contributed by atoms with Crippen molar-refractivity contribution in [1.82, 2.24) is 14.5 Å². The molecule has 1 aliphatic heterocycles. The van der Waals surface area contributed by atoms with Gasteiger partial charge in [-0.2, -0.15) is 0 Å². The lowest BCUT2D eigenvalue weighted by Gasteiger charge is -2.36. The van der Waals surface area contributed by atoms with Gasteiger partial charge in [-0.25, -0.2) is 9.37 Å². The van der Waals surface area contributed by atoms with Crippen LogP contribution >= 0.6 is 0 Å². The number of fused-ring (bicyclic) bond motifs is 1. The molecule has 0 N–H and O–H groups in total. The smallest absolute Gasteiger partial charge is 0.272 e. The summed E-state index contributed by atoms with van der Waals surface area (Å²) < 4.78 is 15.0. The first-order valence-corrected chi connectivity index (χ1v) is 10.3. The van der Waals surface area contributed by atoms with E-state index in [-0.39, 0.29) is 11.4 Å². The highest BCUT2D eigenvalue weighted by Crippen LogP contribution is 2.17. The van der Waals surface area contributed by atoms with Crippen LogP contribution in [0.2, 0.25) is 0 Å². The Balaban J connectivity index is 1.28. The molecule has 2 aromatic carbocycles. The van der Waals surface area contributed by atoms with Crippen LogP contribution < -0.4 is 10.5 Å². The van der Waals surface area contributed by atoms with Gasteiger partial charge in [-0.1, -0.05) is 12.1 Å². The predicted octanol–water partition coefficient (Wildman–Crippen LogP) is 3.45. The van der Waals surface area contributed by atoms with Gasteiger partial charge in [0.2, 0.25) is 0 Å². The second-order valence-corrected chi connectivity index (χ2v) is 7.65. The molecule has 2 heterocycles. The number of anilines is 1. The Morgan fingerprint density at radius 2 is 1.62 bits per heavy atom. The van der Waals surface area contributed by atoms with Crippen LogP contribution in [0.15, 0.2) is 53.3 Å². The number of para-hydroxylation sites is 2. The van der Waals surface area contributed by atoms with Crippen LogP contribution in [0.3, 0.4) is 0 Å². The molecule has 0 saturated carbocycles. The Labute approximate surface area is 170 Å². The predicted molar refractivity (Wildman–Crippen MR) is 115 cm³/mol. The van der Waals surface area contributed by atoms with Crippen LogP contribution in [0.25, 0.3) is 11.0 Å². The van der Waals surface area contributed by atoms with Crippen molar-refractivity contribution in [3.63, 3.8) is 0 Å². The van der Waals surface area contributed by atoms with Crippen LogP contribution in [-0.2, 0) is 6.54 Å². The van der Waals surface area contributed by atoms with Gasteiger partial charge in [-0.3, -0.25) is 9.69 Å². The summed E-state index contributed by atoms with van der Waals surface area (Å²) in [5, 5.41) is 0. The summed E-state index contributed by atoms with van der Waals surface area (Å²) in [7, 11) is 0. The van der Waals surface area contributed by atoms with Crippen molar-refractivity contribution in [2.75, 3.05) is 37.6 Å². The molecule has 6 heteroatoms. The number of aromatic nitrogens is 2. The largest absolute Gasteiger partial charge is 0.369 e. The zero-order valence-electron chi connectivity index (χ0n) is 16.9. The Kier molecular flexibility index (Phi) is 5.90. The Morgan fingerprint density at radius 1 is 0.931 bits per heavy atom. The number of halogens is 1. The van der Waals surface area contributed by atoms with E-state index in [1.165, 1.54) is 12.1 Å². The number of nitrogens with zero attached hydrogens (tertiary/aromatic N) is 4. The van der Waals surface area contributed by atoms with Gasteiger partial charge in [-0.05, 0) is 62.7 Å². The molecular weight excluding hydrogens is 367 g/mol. The van der Waals surface area contributed by atoms with Gasteiger partial charge < -0.3 is 9.47 Å². The fraction of sp³-hybridized carbons (Fsp3) is 0.391. The summed E-state index contributed by atoms with van der Waals surface area (Å²) in [6, 6.07) is 14.6. The maximum Gasteiger partial charge on any atom is 0.272 e. The number of hydrogen-bond acceptors (Lipinski definition) is 4. The molecule has 0 atom stereocenters. The minimum absolute atomic E-state index is 0.0108. The molecule has 0 aliphatic carbocycles. The van der Waals surface area contributed by atoms with Crippen LogP contribution in [0.5, 0.6) is 0 Å². The summed E-state index contributed by atoms with van der Waals surface area (Å²) in [6.07, 6.45) is 2.02. The van der Waals surface area contributed by atoms with Crippen molar-refractivity contribution >= 4 is 16.7 Å². The van der Waals surface area contributed by atoms with Crippen molar-refractivity contribution in [3.8, 4) is 0 Å². The van der Waals surface area contributed by atoms with E-state index in [4.69, 9.17) is 0 Å². The molecule has 0 spiro atoms. The first kappa shape index (κ1) is 19.6. The summed E-state index contributed by atoms with van der Waals surface area (Å²) in [4.78, 5) is 21.7. The maximum atomic E-state index is 13.1.